The third-order valence-corrected chi connectivity index (χ3v) is 8.83. The topological polar surface area (TPSA) is 91.4 Å². The molecule has 0 radical (unpaired) electrons. The highest BCUT2D eigenvalue weighted by Crippen LogP contribution is 2.26. The van der Waals surface area contributed by atoms with Crippen LogP contribution < -0.4 is 10.6 Å². The zero-order chi connectivity index (χ0) is 29.0. The summed E-state index contributed by atoms with van der Waals surface area (Å²) in [6.07, 6.45) is 3.20. The molecule has 1 amide bonds. The first-order valence-electron chi connectivity index (χ1n) is 13.3. The van der Waals surface area contributed by atoms with Gasteiger partial charge in [-0.05, 0) is 61.4 Å². The predicted molar refractivity (Wildman–Crippen MR) is 158 cm³/mol. The minimum absolute atomic E-state index is 0.00624. The van der Waals surface area contributed by atoms with Gasteiger partial charge < -0.3 is 10.6 Å². The van der Waals surface area contributed by atoms with Crippen molar-refractivity contribution in [3.8, 4) is 11.3 Å². The lowest BCUT2D eigenvalue weighted by Gasteiger charge is -2.23. The van der Waals surface area contributed by atoms with Crippen LogP contribution in [0.1, 0.15) is 29.7 Å². The van der Waals surface area contributed by atoms with E-state index >= 15 is 0 Å². The number of halogens is 1. The molecule has 4 aromatic rings. The van der Waals surface area contributed by atoms with E-state index in [0.29, 0.717) is 5.82 Å². The molecule has 7 nitrogen and oxygen atoms in total. The Balaban J connectivity index is 1.36. The lowest BCUT2D eigenvalue weighted by atomic mass is 10.1. The molecule has 0 fully saturated rings. The van der Waals surface area contributed by atoms with E-state index in [1.54, 1.807) is 12.2 Å². The van der Waals surface area contributed by atoms with Gasteiger partial charge >= 0.3 is 0 Å². The number of sulfonamides is 1. The van der Waals surface area contributed by atoms with E-state index < -0.39 is 27.8 Å². The summed E-state index contributed by atoms with van der Waals surface area (Å²) in [5.74, 6) is -0.331. The van der Waals surface area contributed by atoms with E-state index in [-0.39, 0.29) is 24.0 Å². The number of hydrogen-bond acceptors (Lipinski definition) is 5. The number of nitrogens with one attached hydrogen (secondary N) is 2. The molecule has 9 heteroatoms. The molecule has 2 atom stereocenters. The molecule has 2 heterocycles. The molecule has 41 heavy (non-hydrogen) atoms. The van der Waals surface area contributed by atoms with Crippen LogP contribution in [0.3, 0.4) is 0 Å². The highest BCUT2D eigenvalue weighted by molar-refractivity contribution is 7.89. The number of aryl methyl sites for hydroxylation is 1. The van der Waals surface area contributed by atoms with Crippen LogP contribution in [-0.4, -0.2) is 36.2 Å². The lowest BCUT2D eigenvalue weighted by Crippen LogP contribution is -2.45. The van der Waals surface area contributed by atoms with Gasteiger partial charge in [0, 0.05) is 24.7 Å². The van der Waals surface area contributed by atoms with Crippen molar-refractivity contribution >= 4 is 21.7 Å². The molecule has 0 saturated heterocycles. The van der Waals surface area contributed by atoms with Gasteiger partial charge in [-0.25, -0.2) is 17.8 Å². The summed E-state index contributed by atoms with van der Waals surface area (Å²) in [6, 6.07) is 25.5. The Morgan fingerprint density at radius 2 is 1.73 bits per heavy atom. The van der Waals surface area contributed by atoms with Crippen LogP contribution in [0.5, 0.6) is 0 Å². The third-order valence-electron chi connectivity index (χ3n) is 6.97. The number of pyridine rings is 1. The first kappa shape index (κ1) is 28.2. The average molecular weight is 571 g/mol. The maximum Gasteiger partial charge on any atom is 0.244 e. The number of hydrogen-bond donors (Lipinski definition) is 2. The second-order valence-electron chi connectivity index (χ2n) is 10.0. The van der Waals surface area contributed by atoms with Gasteiger partial charge in [-0.15, -0.1) is 0 Å². The Morgan fingerprint density at radius 3 is 2.44 bits per heavy atom. The van der Waals surface area contributed by atoms with Gasteiger partial charge in [-0.3, -0.25) is 4.79 Å². The van der Waals surface area contributed by atoms with Crippen LogP contribution in [0.2, 0.25) is 0 Å². The molecule has 0 saturated carbocycles. The van der Waals surface area contributed by atoms with E-state index in [9.17, 15) is 17.6 Å². The van der Waals surface area contributed by atoms with Gasteiger partial charge in [0.25, 0.3) is 0 Å². The summed E-state index contributed by atoms with van der Waals surface area (Å²) < 4.78 is 40.9. The third kappa shape index (κ3) is 6.53. The van der Waals surface area contributed by atoms with Crippen LogP contribution >= 0.6 is 0 Å². The van der Waals surface area contributed by atoms with Crippen LogP contribution in [-0.2, 0) is 21.4 Å². The zero-order valence-corrected chi connectivity index (χ0v) is 23.6. The number of rotatable bonds is 9. The van der Waals surface area contributed by atoms with Crippen LogP contribution in [0, 0.1) is 12.7 Å². The molecule has 3 aromatic carbocycles. The lowest BCUT2D eigenvalue weighted by molar-refractivity contribution is -0.123. The fourth-order valence-electron chi connectivity index (χ4n) is 4.69. The van der Waals surface area contributed by atoms with Gasteiger partial charge in [0.1, 0.15) is 17.7 Å². The SMILES string of the molecule is Cc1ccc(-c2cc(CNC(=O)[C@@H]3C=CCN3S(=O)(=O)c3ccc(F)cc3)cc(NC(C)c3ccccc3)n2)cc1. The van der Waals surface area contributed by atoms with Crippen molar-refractivity contribution in [3.63, 3.8) is 0 Å². The number of amides is 1. The highest BCUT2D eigenvalue weighted by Gasteiger charge is 2.36. The maximum absolute atomic E-state index is 13.4. The molecule has 0 bridgehead atoms. The predicted octanol–water partition coefficient (Wildman–Crippen LogP) is 5.61. The Labute approximate surface area is 239 Å². The quantitative estimate of drug-likeness (QED) is 0.255. The zero-order valence-electron chi connectivity index (χ0n) is 22.8. The number of carbonyl (C=O) groups is 1. The number of anilines is 1. The van der Waals surface area contributed by atoms with Crippen LogP contribution in [0.25, 0.3) is 11.3 Å². The average Bonchev–Trinajstić information content (AvgIpc) is 3.48. The molecule has 2 N–H and O–H groups in total. The molecular formula is C32H31FN4O3S. The largest absolute Gasteiger partial charge is 0.364 e. The van der Waals surface area contributed by atoms with E-state index in [0.717, 1.165) is 44.4 Å². The second kappa shape index (κ2) is 12.0. The Hall–Kier alpha value is -4.34. The van der Waals surface area contributed by atoms with Crippen molar-refractivity contribution < 1.29 is 17.6 Å². The summed E-state index contributed by atoms with van der Waals surface area (Å²) in [5, 5.41) is 6.35. The normalized spacial score (nSPS) is 15.9. The van der Waals surface area contributed by atoms with Crippen molar-refractivity contribution in [2.45, 2.75) is 37.4 Å². The van der Waals surface area contributed by atoms with Crippen LogP contribution in [0.15, 0.2) is 108 Å². The van der Waals surface area contributed by atoms with Crippen molar-refractivity contribution in [1.29, 1.82) is 0 Å². The van der Waals surface area contributed by atoms with E-state index in [4.69, 9.17) is 4.98 Å². The van der Waals surface area contributed by atoms with Crippen molar-refractivity contribution in [2.75, 3.05) is 11.9 Å². The number of benzene rings is 3. The van der Waals surface area contributed by atoms with Crippen LogP contribution in [0.4, 0.5) is 10.2 Å². The monoisotopic (exact) mass is 570 g/mol. The summed E-state index contributed by atoms with van der Waals surface area (Å²) in [5.41, 5.74) is 4.75. The van der Waals surface area contributed by atoms with Crippen molar-refractivity contribution in [3.05, 3.63) is 126 Å². The van der Waals surface area contributed by atoms with Crippen molar-refractivity contribution in [2.24, 2.45) is 0 Å². The summed E-state index contributed by atoms with van der Waals surface area (Å²) in [6.45, 7) is 4.30. The molecule has 5 rings (SSSR count). The van der Waals surface area contributed by atoms with Gasteiger partial charge in [0.05, 0.1) is 10.6 Å². The molecule has 1 aliphatic heterocycles. The Bertz CT molecular complexity index is 1660. The Morgan fingerprint density at radius 1 is 1.02 bits per heavy atom. The summed E-state index contributed by atoms with van der Waals surface area (Å²) >= 11 is 0. The minimum Gasteiger partial charge on any atom is -0.364 e. The first-order valence-corrected chi connectivity index (χ1v) is 14.8. The van der Waals surface area contributed by atoms with Gasteiger partial charge in [-0.2, -0.15) is 4.31 Å². The molecule has 210 valence electrons. The van der Waals surface area contributed by atoms with E-state index in [2.05, 4.69) is 17.6 Å². The minimum atomic E-state index is -4.00. The maximum atomic E-state index is 13.4. The van der Waals surface area contributed by atoms with Crippen molar-refractivity contribution in [1.82, 2.24) is 14.6 Å². The van der Waals surface area contributed by atoms with E-state index in [1.165, 1.54) is 12.1 Å². The van der Waals surface area contributed by atoms with Gasteiger partial charge in [0.15, 0.2) is 0 Å². The smallest absolute Gasteiger partial charge is 0.244 e. The number of aromatic nitrogens is 1. The standard InChI is InChI=1S/C32H31FN4O3S/c1-22-10-12-26(13-11-22)29-19-24(20-31(36-29)35-23(2)25-7-4-3-5-8-25)21-34-32(38)30-9-6-18-37(30)41(39,40)28-16-14-27(33)15-17-28/h3-17,19-20,23,30H,18,21H2,1-2H3,(H,34,38)(H,35,36)/t23?,30-/m0/s1. The fraction of sp³-hybridized carbons (Fsp3) is 0.188. The number of nitrogens with zero attached hydrogens (tertiary/aromatic N) is 2. The highest BCUT2D eigenvalue weighted by atomic mass is 32.2. The molecule has 0 aliphatic carbocycles. The summed E-state index contributed by atoms with van der Waals surface area (Å²) in [7, 11) is -4.00. The molecule has 1 unspecified atom stereocenters. The molecule has 0 spiro atoms. The fourth-order valence-corrected chi connectivity index (χ4v) is 6.19. The summed E-state index contributed by atoms with van der Waals surface area (Å²) in [4.78, 5) is 18.0. The Kier molecular flexibility index (Phi) is 8.28. The molecule has 1 aromatic heterocycles. The van der Waals surface area contributed by atoms with Gasteiger partial charge in [-0.1, -0.05) is 72.3 Å². The molecular weight excluding hydrogens is 539 g/mol. The second-order valence-corrected chi connectivity index (χ2v) is 11.9. The van der Waals surface area contributed by atoms with E-state index in [1.807, 2.05) is 73.7 Å². The van der Waals surface area contributed by atoms with Gasteiger partial charge in [0.2, 0.25) is 15.9 Å². The first-order chi connectivity index (χ1) is 19.7. The number of carbonyl (C=O) groups excluding carboxylic acids is 1. The molecule has 1 aliphatic rings.